The Morgan fingerprint density at radius 2 is 2.24 bits per heavy atom. The summed E-state index contributed by atoms with van der Waals surface area (Å²) in [5.74, 6) is 0.359. The number of carbonyl (C=O) groups is 1. The number of aromatic nitrogens is 1. The molecular formula is C19H24N2O4. The van der Waals surface area contributed by atoms with E-state index in [9.17, 15) is 9.59 Å². The number of fused-ring (bicyclic) bond motifs is 1. The van der Waals surface area contributed by atoms with Gasteiger partial charge in [-0.3, -0.25) is 9.59 Å². The van der Waals surface area contributed by atoms with Gasteiger partial charge in [-0.1, -0.05) is 13.0 Å². The molecule has 1 saturated heterocycles. The molecule has 0 saturated carbocycles. The van der Waals surface area contributed by atoms with Gasteiger partial charge < -0.3 is 19.4 Å². The SMILES string of the molecule is CCCn1ccc2c(OCC(=O)NCC3CCCO3)cccc2c1=O. The number of nitrogens with one attached hydrogen (secondary N) is 1. The number of rotatable bonds is 7. The second-order valence-electron chi connectivity index (χ2n) is 6.26. The highest BCUT2D eigenvalue weighted by Gasteiger charge is 2.16. The molecule has 25 heavy (non-hydrogen) atoms. The van der Waals surface area contributed by atoms with Gasteiger partial charge in [0.15, 0.2) is 6.61 Å². The second-order valence-corrected chi connectivity index (χ2v) is 6.26. The number of carbonyl (C=O) groups excluding carboxylic acids is 1. The summed E-state index contributed by atoms with van der Waals surface area (Å²) in [4.78, 5) is 24.4. The first-order valence-electron chi connectivity index (χ1n) is 8.82. The van der Waals surface area contributed by atoms with Crippen LogP contribution in [0.5, 0.6) is 5.75 Å². The van der Waals surface area contributed by atoms with E-state index in [0.717, 1.165) is 31.3 Å². The summed E-state index contributed by atoms with van der Waals surface area (Å²) in [5, 5.41) is 4.16. The van der Waals surface area contributed by atoms with E-state index in [2.05, 4.69) is 5.32 Å². The number of pyridine rings is 1. The predicted octanol–water partition coefficient (Wildman–Crippen LogP) is 2.09. The first-order valence-corrected chi connectivity index (χ1v) is 8.82. The maximum Gasteiger partial charge on any atom is 0.258 e. The number of aryl methyl sites for hydroxylation is 1. The topological polar surface area (TPSA) is 69.6 Å². The average molecular weight is 344 g/mol. The molecule has 6 heteroatoms. The van der Waals surface area contributed by atoms with Gasteiger partial charge in [-0.2, -0.15) is 0 Å². The molecule has 0 spiro atoms. The van der Waals surface area contributed by atoms with E-state index in [1.165, 1.54) is 0 Å². The van der Waals surface area contributed by atoms with Crippen LogP contribution in [0.4, 0.5) is 0 Å². The summed E-state index contributed by atoms with van der Waals surface area (Å²) < 4.78 is 12.8. The fourth-order valence-corrected chi connectivity index (χ4v) is 3.06. The van der Waals surface area contributed by atoms with Crippen molar-refractivity contribution in [3.05, 3.63) is 40.8 Å². The Hall–Kier alpha value is -2.34. The predicted molar refractivity (Wildman–Crippen MR) is 96.0 cm³/mol. The molecule has 134 valence electrons. The fourth-order valence-electron chi connectivity index (χ4n) is 3.06. The standard InChI is InChI=1S/C19H24N2O4/c1-2-9-21-10-8-15-16(19(21)23)6-3-7-17(15)25-13-18(22)20-12-14-5-4-11-24-14/h3,6-8,10,14H,2,4-5,9,11-13H2,1H3,(H,20,22). The molecule has 1 unspecified atom stereocenters. The molecule has 3 rings (SSSR count). The summed E-state index contributed by atoms with van der Waals surface area (Å²) in [7, 11) is 0. The maximum atomic E-state index is 12.5. The smallest absolute Gasteiger partial charge is 0.258 e. The van der Waals surface area contributed by atoms with Gasteiger partial charge in [0.25, 0.3) is 11.5 Å². The number of hydrogen-bond acceptors (Lipinski definition) is 4. The van der Waals surface area contributed by atoms with Gasteiger partial charge >= 0.3 is 0 Å². The van der Waals surface area contributed by atoms with Gasteiger partial charge in [0.2, 0.25) is 0 Å². The number of hydrogen-bond donors (Lipinski definition) is 1. The Kier molecular flexibility index (Phi) is 5.71. The molecule has 1 fully saturated rings. The summed E-state index contributed by atoms with van der Waals surface area (Å²) >= 11 is 0. The molecule has 1 aromatic carbocycles. The van der Waals surface area contributed by atoms with Gasteiger partial charge in [-0.25, -0.2) is 0 Å². The third-order valence-electron chi connectivity index (χ3n) is 4.35. The van der Waals surface area contributed by atoms with Crippen LogP contribution in [0.1, 0.15) is 26.2 Å². The van der Waals surface area contributed by atoms with Crippen molar-refractivity contribution in [1.82, 2.24) is 9.88 Å². The highest BCUT2D eigenvalue weighted by molar-refractivity contribution is 5.88. The summed E-state index contributed by atoms with van der Waals surface area (Å²) in [5.41, 5.74) is -0.0346. The van der Waals surface area contributed by atoms with Gasteiger partial charge in [0.05, 0.1) is 11.5 Å². The number of nitrogens with zero attached hydrogens (tertiary/aromatic N) is 1. The van der Waals surface area contributed by atoms with E-state index >= 15 is 0 Å². The minimum Gasteiger partial charge on any atom is -0.483 e. The Bertz CT molecular complexity index is 794. The van der Waals surface area contributed by atoms with Gasteiger partial charge in [-0.05, 0) is 37.5 Å². The molecule has 6 nitrogen and oxygen atoms in total. The summed E-state index contributed by atoms with van der Waals surface area (Å²) in [6.07, 6.45) is 4.81. The van der Waals surface area contributed by atoms with E-state index in [0.29, 0.717) is 24.2 Å². The van der Waals surface area contributed by atoms with Crippen molar-refractivity contribution in [3.63, 3.8) is 0 Å². The zero-order valence-electron chi connectivity index (χ0n) is 14.5. The zero-order chi connectivity index (χ0) is 17.6. The van der Waals surface area contributed by atoms with Crippen molar-refractivity contribution in [1.29, 1.82) is 0 Å². The molecular weight excluding hydrogens is 320 g/mol. The summed E-state index contributed by atoms with van der Waals surface area (Å²) in [6.45, 7) is 3.92. The van der Waals surface area contributed by atoms with Crippen LogP contribution in [0, 0.1) is 0 Å². The van der Waals surface area contributed by atoms with Crippen LogP contribution in [0.25, 0.3) is 10.8 Å². The van der Waals surface area contributed by atoms with Crippen molar-refractivity contribution < 1.29 is 14.3 Å². The van der Waals surface area contributed by atoms with Crippen LogP contribution in [-0.2, 0) is 16.1 Å². The largest absolute Gasteiger partial charge is 0.483 e. The first kappa shape index (κ1) is 17.5. The van der Waals surface area contributed by atoms with Crippen LogP contribution < -0.4 is 15.6 Å². The van der Waals surface area contributed by atoms with Crippen LogP contribution in [-0.4, -0.2) is 36.3 Å². The van der Waals surface area contributed by atoms with Gasteiger partial charge in [-0.15, -0.1) is 0 Å². The third kappa shape index (κ3) is 4.20. The van der Waals surface area contributed by atoms with E-state index in [4.69, 9.17) is 9.47 Å². The monoisotopic (exact) mass is 344 g/mol. The highest BCUT2D eigenvalue weighted by Crippen LogP contribution is 2.23. The number of ether oxygens (including phenoxy) is 2. The molecule has 2 heterocycles. The molecule has 1 N–H and O–H groups in total. The van der Waals surface area contributed by atoms with E-state index in [1.54, 1.807) is 29.0 Å². The van der Waals surface area contributed by atoms with Crippen molar-refractivity contribution in [2.45, 2.75) is 38.8 Å². The van der Waals surface area contributed by atoms with E-state index in [-0.39, 0.29) is 24.2 Å². The Balaban J connectivity index is 1.65. The molecule has 0 bridgehead atoms. The van der Waals surface area contributed by atoms with Crippen LogP contribution in [0.3, 0.4) is 0 Å². The zero-order valence-corrected chi connectivity index (χ0v) is 14.5. The second kappa shape index (κ2) is 8.16. The van der Waals surface area contributed by atoms with Crippen LogP contribution in [0.2, 0.25) is 0 Å². The highest BCUT2D eigenvalue weighted by atomic mass is 16.5. The Labute approximate surface area is 146 Å². The maximum absolute atomic E-state index is 12.5. The fraction of sp³-hybridized carbons (Fsp3) is 0.474. The number of benzene rings is 1. The van der Waals surface area contributed by atoms with Crippen molar-refractivity contribution in [3.8, 4) is 5.75 Å². The molecule has 0 radical (unpaired) electrons. The molecule has 1 aromatic heterocycles. The lowest BCUT2D eigenvalue weighted by Crippen LogP contribution is -2.35. The molecule has 0 aliphatic carbocycles. The Morgan fingerprint density at radius 3 is 3.00 bits per heavy atom. The molecule has 2 aromatic rings. The number of amides is 1. The lowest BCUT2D eigenvalue weighted by Gasteiger charge is -2.13. The first-order chi connectivity index (χ1) is 12.2. The van der Waals surface area contributed by atoms with Crippen molar-refractivity contribution in [2.75, 3.05) is 19.8 Å². The van der Waals surface area contributed by atoms with Crippen molar-refractivity contribution >= 4 is 16.7 Å². The minimum absolute atomic E-state index is 0.0346. The van der Waals surface area contributed by atoms with Crippen LogP contribution in [0.15, 0.2) is 35.3 Å². The third-order valence-corrected chi connectivity index (χ3v) is 4.35. The normalized spacial score (nSPS) is 16.9. The van der Waals surface area contributed by atoms with Gasteiger partial charge in [0.1, 0.15) is 5.75 Å². The van der Waals surface area contributed by atoms with E-state index < -0.39 is 0 Å². The molecule has 1 amide bonds. The van der Waals surface area contributed by atoms with Crippen molar-refractivity contribution in [2.24, 2.45) is 0 Å². The molecule has 1 aliphatic rings. The lowest BCUT2D eigenvalue weighted by atomic mass is 10.1. The average Bonchev–Trinajstić information content (AvgIpc) is 3.14. The molecule has 1 aliphatic heterocycles. The lowest BCUT2D eigenvalue weighted by molar-refractivity contribution is -0.123. The van der Waals surface area contributed by atoms with Crippen LogP contribution >= 0.6 is 0 Å². The van der Waals surface area contributed by atoms with E-state index in [1.807, 2.05) is 13.0 Å². The minimum atomic E-state index is -0.188. The van der Waals surface area contributed by atoms with Gasteiger partial charge in [0, 0.05) is 31.3 Å². The summed E-state index contributed by atoms with van der Waals surface area (Å²) in [6, 6.07) is 7.21. The quantitative estimate of drug-likeness (QED) is 0.835. The molecule has 1 atom stereocenters. The Morgan fingerprint density at radius 1 is 1.36 bits per heavy atom.